The van der Waals surface area contributed by atoms with Crippen LogP contribution in [0, 0.1) is 6.92 Å². The Morgan fingerprint density at radius 2 is 1.90 bits per heavy atom. The number of carbonyl (C=O) groups is 1. The van der Waals surface area contributed by atoms with Crippen molar-refractivity contribution in [2.45, 2.75) is 13.8 Å². The molecule has 2 aromatic carbocycles. The Labute approximate surface area is 179 Å². The maximum absolute atomic E-state index is 13.3. The van der Waals surface area contributed by atoms with Crippen LogP contribution in [-0.4, -0.2) is 27.0 Å². The second-order valence-corrected chi connectivity index (χ2v) is 8.59. The lowest BCUT2D eigenvalue weighted by Gasteiger charge is -2.14. The minimum Gasteiger partial charge on any atom is -0.461 e. The number of ether oxygens (including phenoxy) is 1. The minimum absolute atomic E-state index is 0.177. The molecule has 7 nitrogen and oxygen atoms in total. The fourth-order valence-electron chi connectivity index (χ4n) is 3.21. The Kier molecular flexibility index (Phi) is 4.56. The van der Waals surface area contributed by atoms with Crippen LogP contribution < -0.4 is 15.1 Å². The lowest BCUT2D eigenvalue weighted by atomic mass is 10.2. The lowest BCUT2D eigenvalue weighted by molar-refractivity contribution is -0.134. The number of fused-ring (bicyclic) bond motifs is 3. The van der Waals surface area contributed by atoms with Gasteiger partial charge >= 0.3 is 5.97 Å². The van der Waals surface area contributed by atoms with Crippen molar-refractivity contribution in [2.24, 2.45) is 5.10 Å². The highest BCUT2D eigenvalue weighted by Gasteiger charge is 2.31. The fraction of sp³-hybridized carbons (Fsp3) is 0.143. The average Bonchev–Trinajstić information content (AvgIpc) is 3.41. The molecule has 1 aliphatic heterocycles. The Balaban J connectivity index is 1.74. The van der Waals surface area contributed by atoms with Gasteiger partial charge in [0.15, 0.2) is 4.96 Å². The Hall–Kier alpha value is -3.17. The van der Waals surface area contributed by atoms with E-state index >= 15 is 0 Å². The number of rotatable bonds is 3. The summed E-state index contributed by atoms with van der Waals surface area (Å²) in [6.45, 7) is 4.00. The number of anilines is 1. The first-order valence-electron chi connectivity index (χ1n) is 9.31. The zero-order chi connectivity index (χ0) is 20.8. The summed E-state index contributed by atoms with van der Waals surface area (Å²) >= 11 is 2.43. The van der Waals surface area contributed by atoms with E-state index in [1.165, 1.54) is 11.3 Å². The largest absolute Gasteiger partial charge is 0.461 e. The van der Waals surface area contributed by atoms with E-state index in [-0.39, 0.29) is 17.2 Å². The van der Waals surface area contributed by atoms with E-state index in [2.05, 4.69) is 10.1 Å². The van der Waals surface area contributed by atoms with Gasteiger partial charge in [-0.15, -0.1) is 0 Å². The molecule has 9 heteroatoms. The number of thiazole rings is 1. The second-order valence-electron chi connectivity index (χ2n) is 6.64. The van der Waals surface area contributed by atoms with Crippen molar-refractivity contribution in [2.75, 3.05) is 11.6 Å². The number of aryl methyl sites for hydroxylation is 1. The molecule has 0 radical (unpaired) electrons. The zero-order valence-electron chi connectivity index (χ0n) is 16.2. The number of benzene rings is 2. The SMILES string of the molecule is CCOC(=O)C1=NN(c2ccc(C)cc2)C(=c2sc3nc4ccccc4n3c2=O)S1. The predicted octanol–water partition coefficient (Wildman–Crippen LogP) is 3.13. The number of carbonyl (C=O) groups excluding carboxylic acids is 1. The topological polar surface area (TPSA) is 76.3 Å². The third-order valence-electron chi connectivity index (χ3n) is 4.62. The molecule has 0 N–H and O–H groups in total. The van der Waals surface area contributed by atoms with Gasteiger partial charge in [-0.3, -0.25) is 4.79 Å². The molecular formula is C21H16N4O3S2. The second kappa shape index (κ2) is 7.26. The zero-order valence-corrected chi connectivity index (χ0v) is 17.8. The van der Waals surface area contributed by atoms with Crippen molar-refractivity contribution >= 4 is 60.8 Å². The van der Waals surface area contributed by atoms with Crippen LogP contribution in [0.15, 0.2) is 58.4 Å². The van der Waals surface area contributed by atoms with Crippen molar-refractivity contribution in [1.29, 1.82) is 0 Å². The minimum atomic E-state index is -0.506. The van der Waals surface area contributed by atoms with Gasteiger partial charge in [0.05, 0.1) is 23.3 Å². The monoisotopic (exact) mass is 436 g/mol. The molecule has 0 bridgehead atoms. The number of hydrogen-bond acceptors (Lipinski definition) is 8. The van der Waals surface area contributed by atoms with Crippen LogP contribution in [0.5, 0.6) is 0 Å². The third-order valence-corrected chi connectivity index (χ3v) is 6.79. The maximum atomic E-state index is 13.3. The van der Waals surface area contributed by atoms with Gasteiger partial charge in [-0.25, -0.2) is 19.2 Å². The van der Waals surface area contributed by atoms with Gasteiger partial charge in [-0.1, -0.05) is 41.2 Å². The molecule has 3 heterocycles. The number of esters is 1. The van der Waals surface area contributed by atoms with Crippen molar-refractivity contribution < 1.29 is 9.53 Å². The predicted molar refractivity (Wildman–Crippen MR) is 121 cm³/mol. The van der Waals surface area contributed by atoms with Crippen LogP contribution in [-0.2, 0) is 9.53 Å². The quantitative estimate of drug-likeness (QED) is 0.459. The van der Waals surface area contributed by atoms with Crippen molar-refractivity contribution in [3.63, 3.8) is 0 Å². The normalized spacial score (nSPS) is 15.8. The van der Waals surface area contributed by atoms with E-state index in [9.17, 15) is 9.59 Å². The average molecular weight is 437 g/mol. The van der Waals surface area contributed by atoms with Crippen LogP contribution in [0.4, 0.5) is 5.69 Å². The first-order chi connectivity index (χ1) is 14.6. The van der Waals surface area contributed by atoms with Gasteiger partial charge in [0, 0.05) is 0 Å². The van der Waals surface area contributed by atoms with E-state index < -0.39 is 5.97 Å². The molecule has 150 valence electrons. The van der Waals surface area contributed by atoms with Crippen LogP contribution in [0.2, 0.25) is 0 Å². The maximum Gasteiger partial charge on any atom is 0.365 e. The van der Waals surface area contributed by atoms with Crippen molar-refractivity contribution in [3.05, 3.63) is 69.0 Å². The number of imidazole rings is 1. The highest BCUT2D eigenvalue weighted by atomic mass is 32.2. The van der Waals surface area contributed by atoms with E-state index in [4.69, 9.17) is 4.74 Å². The molecule has 4 aromatic rings. The van der Waals surface area contributed by atoms with Crippen molar-refractivity contribution in [3.8, 4) is 0 Å². The molecule has 5 rings (SSSR count). The molecule has 1 aliphatic rings. The van der Waals surface area contributed by atoms with Crippen LogP contribution in [0.1, 0.15) is 12.5 Å². The van der Waals surface area contributed by atoms with Gasteiger partial charge in [0.25, 0.3) is 5.56 Å². The van der Waals surface area contributed by atoms with E-state index in [0.29, 0.717) is 14.5 Å². The van der Waals surface area contributed by atoms with Gasteiger partial charge in [0.1, 0.15) is 9.56 Å². The molecule has 0 amide bonds. The summed E-state index contributed by atoms with van der Waals surface area (Å²) < 4.78 is 7.22. The summed E-state index contributed by atoms with van der Waals surface area (Å²) in [5, 5.41) is 6.86. The summed E-state index contributed by atoms with van der Waals surface area (Å²) in [7, 11) is 0. The number of hydrogen-bond donors (Lipinski definition) is 0. The van der Waals surface area contributed by atoms with Gasteiger partial charge in [-0.05, 0) is 49.9 Å². The number of hydrazone groups is 1. The molecule has 0 atom stereocenters. The highest BCUT2D eigenvalue weighted by Crippen LogP contribution is 2.35. The third kappa shape index (κ3) is 2.98. The Morgan fingerprint density at radius 3 is 2.67 bits per heavy atom. The first-order valence-corrected chi connectivity index (χ1v) is 10.9. The van der Waals surface area contributed by atoms with Gasteiger partial charge in [0.2, 0.25) is 5.04 Å². The molecular weight excluding hydrogens is 420 g/mol. The summed E-state index contributed by atoms with van der Waals surface area (Å²) in [5.41, 5.74) is 3.22. The summed E-state index contributed by atoms with van der Waals surface area (Å²) in [6.07, 6.45) is 0. The van der Waals surface area contributed by atoms with Gasteiger partial charge < -0.3 is 4.74 Å². The smallest absolute Gasteiger partial charge is 0.365 e. The molecule has 0 spiro atoms. The summed E-state index contributed by atoms with van der Waals surface area (Å²) in [4.78, 5) is 30.8. The molecule has 2 aromatic heterocycles. The number of thioether (sulfide) groups is 1. The van der Waals surface area contributed by atoms with Crippen LogP contribution >= 0.6 is 23.1 Å². The molecule has 0 saturated carbocycles. The summed E-state index contributed by atoms with van der Waals surface area (Å²) in [5.74, 6) is -0.506. The Morgan fingerprint density at radius 1 is 1.13 bits per heavy atom. The number of aromatic nitrogens is 2. The number of para-hydroxylation sites is 2. The van der Waals surface area contributed by atoms with Crippen LogP contribution in [0.25, 0.3) is 21.0 Å². The fourth-order valence-corrected chi connectivity index (χ4v) is 5.27. The van der Waals surface area contributed by atoms with E-state index in [0.717, 1.165) is 34.0 Å². The van der Waals surface area contributed by atoms with Crippen molar-refractivity contribution in [1.82, 2.24) is 9.38 Å². The Bertz CT molecular complexity index is 1440. The lowest BCUT2D eigenvalue weighted by Crippen LogP contribution is -2.28. The standard InChI is InChI=1S/C21H16N4O3S2/c1-3-28-20(27)17-23-25(13-10-8-12(2)9-11-13)19(30-17)16-18(26)24-15-7-5-4-6-14(15)22-21(24)29-16/h4-11H,3H2,1-2H3. The molecule has 30 heavy (non-hydrogen) atoms. The van der Waals surface area contributed by atoms with Crippen LogP contribution in [0.3, 0.4) is 0 Å². The highest BCUT2D eigenvalue weighted by molar-refractivity contribution is 8.23. The van der Waals surface area contributed by atoms with E-state index in [1.807, 2.05) is 55.5 Å². The molecule has 0 unspecified atom stereocenters. The molecule has 0 saturated heterocycles. The molecule has 0 fully saturated rings. The summed E-state index contributed by atoms with van der Waals surface area (Å²) in [6, 6.07) is 15.3. The molecule has 0 aliphatic carbocycles. The van der Waals surface area contributed by atoms with E-state index in [1.54, 1.807) is 16.3 Å². The van der Waals surface area contributed by atoms with Gasteiger partial charge in [-0.2, -0.15) is 5.10 Å². The number of nitrogens with zero attached hydrogens (tertiary/aromatic N) is 4. The first kappa shape index (κ1) is 18.8.